The molecule has 2 aromatic carbocycles. The van der Waals surface area contributed by atoms with Crippen LogP contribution in [0.2, 0.25) is 0 Å². The molecule has 8 rings (SSSR count). The van der Waals surface area contributed by atoms with E-state index in [2.05, 4.69) is 23.9 Å². The molecule has 6 heterocycles. The van der Waals surface area contributed by atoms with Gasteiger partial charge >= 0.3 is 11.9 Å². The van der Waals surface area contributed by atoms with E-state index in [-0.39, 0.29) is 87.8 Å². The molecule has 0 spiro atoms. The maximum atomic E-state index is 12.4. The first-order chi connectivity index (χ1) is 21.4. The van der Waals surface area contributed by atoms with Crippen molar-refractivity contribution in [3.8, 4) is 0 Å². The van der Waals surface area contributed by atoms with Gasteiger partial charge in [0.05, 0.1) is 13.2 Å². The lowest BCUT2D eigenvalue weighted by Gasteiger charge is -2.38. The minimum atomic E-state index is -0.593. The molecular formula is C34H50Br2N2O11. The zero-order valence-electron chi connectivity index (χ0n) is 27.5. The number of morpholine rings is 2. The molecule has 12 atom stereocenters. The second-order valence-corrected chi connectivity index (χ2v) is 13.1. The van der Waals surface area contributed by atoms with Crippen molar-refractivity contribution in [3.63, 3.8) is 0 Å². The quantitative estimate of drug-likeness (QED) is 0.278. The van der Waals surface area contributed by atoms with E-state index in [1.165, 1.54) is 0 Å². The van der Waals surface area contributed by atoms with Gasteiger partial charge in [-0.05, 0) is 25.2 Å². The summed E-state index contributed by atoms with van der Waals surface area (Å²) in [6, 6.07) is 20.1. The number of esters is 2. The van der Waals surface area contributed by atoms with Crippen LogP contribution in [-0.4, -0.2) is 136 Å². The summed E-state index contributed by atoms with van der Waals surface area (Å²) < 4.78 is 22.8. The number of piperidine rings is 2. The third-order valence-corrected chi connectivity index (χ3v) is 10.7. The Labute approximate surface area is 307 Å². The van der Waals surface area contributed by atoms with Crippen LogP contribution in [0.4, 0.5) is 0 Å². The second-order valence-electron chi connectivity index (χ2n) is 13.1. The number of rotatable bonds is 8. The molecule has 6 fully saturated rings. The summed E-state index contributed by atoms with van der Waals surface area (Å²) in [6.45, 7) is -0.451. The highest BCUT2D eigenvalue weighted by atomic mass is 79.9. The normalized spacial score (nSPS) is 33.6. The van der Waals surface area contributed by atoms with Gasteiger partial charge in [-0.3, -0.25) is 19.4 Å². The first-order valence-corrected chi connectivity index (χ1v) is 15.8. The van der Waals surface area contributed by atoms with Crippen molar-refractivity contribution in [1.82, 2.24) is 9.80 Å². The third-order valence-electron chi connectivity index (χ3n) is 10.7. The third kappa shape index (κ3) is 8.55. The lowest BCUT2D eigenvalue weighted by Crippen LogP contribution is -2.48. The van der Waals surface area contributed by atoms with Crippen molar-refractivity contribution < 1.29 is 55.2 Å². The Hall–Kier alpha value is -2.02. The first kappa shape index (κ1) is 43.1. The number of carbonyl (C=O) groups is 2. The molecule has 6 saturated heterocycles. The van der Waals surface area contributed by atoms with Gasteiger partial charge in [-0.2, -0.15) is 0 Å². The number of ether oxygens (including phenoxy) is 4. The van der Waals surface area contributed by atoms with E-state index in [0.29, 0.717) is 48.6 Å². The Morgan fingerprint density at radius 3 is 1.18 bits per heavy atom. The van der Waals surface area contributed by atoms with Crippen LogP contribution in [0.25, 0.3) is 0 Å². The molecule has 0 radical (unpaired) electrons. The van der Waals surface area contributed by atoms with Crippen molar-refractivity contribution in [2.75, 3.05) is 27.3 Å². The van der Waals surface area contributed by atoms with E-state index in [4.69, 9.17) is 18.9 Å². The number of hydrogen-bond acceptors (Lipinski definition) is 10. The summed E-state index contributed by atoms with van der Waals surface area (Å²) in [5.74, 6) is -1.83. The fourth-order valence-electron chi connectivity index (χ4n) is 8.09. The summed E-state index contributed by atoms with van der Waals surface area (Å²) in [5, 5.41) is 19.1. The average Bonchev–Trinajstić information content (AvgIpc) is 3.94. The van der Waals surface area contributed by atoms with Gasteiger partial charge in [0, 0.05) is 49.9 Å². The molecule has 0 amide bonds. The number of aliphatic hydroxyl groups is 2. The van der Waals surface area contributed by atoms with Crippen molar-refractivity contribution >= 4 is 45.9 Å². The van der Waals surface area contributed by atoms with E-state index in [1.807, 2.05) is 60.7 Å². The SMILES string of the molecule is Br.Br.CN1[C@@H]2CC(OC(=O)[C@H](CO)c3ccccc3)C[C@H]1[C@@H]1O[C@H]12.CN1[C@@H]2CC(OC(=O)[C@H](CO)c3ccccc3)C[C@H]1[C@@H]1O[C@H]12.O.O.O. The molecule has 0 saturated carbocycles. The largest absolute Gasteiger partial charge is 0.462 e. The predicted molar refractivity (Wildman–Crippen MR) is 190 cm³/mol. The lowest BCUT2D eigenvalue weighted by atomic mass is 9.97. The average molecular weight is 823 g/mol. The summed E-state index contributed by atoms with van der Waals surface area (Å²) in [4.78, 5) is 29.6. The van der Waals surface area contributed by atoms with Crippen LogP contribution in [0.5, 0.6) is 0 Å². The summed E-state index contributed by atoms with van der Waals surface area (Å²) in [5.41, 5.74) is 1.61. The Morgan fingerprint density at radius 2 is 0.918 bits per heavy atom. The molecule has 15 heteroatoms. The lowest BCUT2D eigenvalue weighted by molar-refractivity contribution is -0.157. The maximum absolute atomic E-state index is 12.4. The minimum absolute atomic E-state index is 0. The number of nitrogens with zero attached hydrogens (tertiary/aromatic N) is 2. The van der Waals surface area contributed by atoms with Gasteiger partial charge in [0.15, 0.2) is 0 Å². The molecule has 0 aliphatic carbocycles. The predicted octanol–water partition coefficient (Wildman–Crippen LogP) is 0.518. The maximum Gasteiger partial charge on any atom is 0.316 e. The van der Waals surface area contributed by atoms with Crippen molar-refractivity contribution in [1.29, 1.82) is 0 Å². The molecule has 0 aromatic heterocycles. The molecule has 2 unspecified atom stereocenters. The molecular weight excluding hydrogens is 772 g/mol. The molecule has 276 valence electrons. The zero-order chi connectivity index (χ0) is 30.5. The standard InChI is InChI=1S/2C17H21NO4.2BrH.3H2O/c2*1-18-13-7-11(8-14(18)16-15(13)22-16)21-17(20)12(9-19)10-5-3-2-4-6-10;;;;;/h2*2-6,11-16,19H,7-9H2,1H3;2*1H;3*1H2/t2*11?,12-,13-,14+,15+,16+;;;;;/m11...../s1. The van der Waals surface area contributed by atoms with E-state index in [9.17, 15) is 19.8 Å². The highest BCUT2D eigenvalue weighted by molar-refractivity contribution is 8.93. The molecule has 13 nitrogen and oxygen atoms in total. The van der Waals surface area contributed by atoms with Crippen LogP contribution >= 0.6 is 34.0 Å². The van der Waals surface area contributed by atoms with Crippen LogP contribution in [0.3, 0.4) is 0 Å². The molecule has 49 heavy (non-hydrogen) atoms. The molecule has 4 bridgehead atoms. The number of benzene rings is 2. The number of fused-ring (bicyclic) bond motifs is 10. The fourth-order valence-corrected chi connectivity index (χ4v) is 8.09. The number of epoxide rings is 2. The number of aliphatic hydroxyl groups excluding tert-OH is 2. The number of hydrogen-bond donors (Lipinski definition) is 2. The number of carbonyl (C=O) groups excluding carboxylic acids is 2. The van der Waals surface area contributed by atoms with Crippen LogP contribution < -0.4 is 0 Å². The van der Waals surface area contributed by atoms with Gasteiger partial charge in [0.2, 0.25) is 0 Å². The van der Waals surface area contributed by atoms with Gasteiger partial charge in [-0.15, -0.1) is 34.0 Å². The van der Waals surface area contributed by atoms with Gasteiger partial charge in [0.25, 0.3) is 0 Å². The van der Waals surface area contributed by atoms with E-state index >= 15 is 0 Å². The van der Waals surface area contributed by atoms with Crippen molar-refractivity contribution in [2.24, 2.45) is 0 Å². The van der Waals surface area contributed by atoms with Crippen molar-refractivity contribution in [2.45, 2.75) is 98.3 Å². The Bertz CT molecular complexity index is 1210. The minimum Gasteiger partial charge on any atom is -0.462 e. The van der Waals surface area contributed by atoms with Crippen molar-refractivity contribution in [3.05, 3.63) is 71.8 Å². The van der Waals surface area contributed by atoms with E-state index in [0.717, 1.165) is 36.8 Å². The van der Waals surface area contributed by atoms with E-state index < -0.39 is 11.8 Å². The highest BCUT2D eigenvalue weighted by Crippen LogP contribution is 2.49. The fraction of sp³-hybridized carbons (Fsp3) is 0.588. The molecule has 8 N–H and O–H groups in total. The Balaban J connectivity index is 0.000000309. The molecule has 2 aromatic rings. The molecule has 6 aliphatic heterocycles. The van der Waals surface area contributed by atoms with Gasteiger partial charge in [0.1, 0.15) is 48.5 Å². The smallest absolute Gasteiger partial charge is 0.316 e. The number of likely N-dealkylation sites (N-methyl/N-ethyl adjacent to an activating group) is 2. The van der Waals surface area contributed by atoms with Gasteiger partial charge in [-0.25, -0.2) is 0 Å². The van der Waals surface area contributed by atoms with Crippen LogP contribution in [0.15, 0.2) is 60.7 Å². The Morgan fingerprint density at radius 1 is 0.633 bits per heavy atom. The summed E-state index contributed by atoms with van der Waals surface area (Å²) >= 11 is 0. The van der Waals surface area contributed by atoms with Crippen LogP contribution in [-0.2, 0) is 28.5 Å². The van der Waals surface area contributed by atoms with Gasteiger partial charge < -0.3 is 45.6 Å². The van der Waals surface area contributed by atoms with Crippen LogP contribution in [0.1, 0.15) is 48.6 Å². The summed E-state index contributed by atoms with van der Waals surface area (Å²) in [7, 11) is 4.26. The highest BCUT2D eigenvalue weighted by Gasteiger charge is 2.64. The second kappa shape index (κ2) is 18.0. The molecule has 6 aliphatic rings. The number of halogens is 2. The van der Waals surface area contributed by atoms with E-state index in [1.54, 1.807) is 0 Å². The topological polar surface area (TPSA) is 219 Å². The Kier molecular flexibility index (Phi) is 15.8. The zero-order valence-corrected chi connectivity index (χ0v) is 30.9. The monoisotopic (exact) mass is 820 g/mol. The van der Waals surface area contributed by atoms with Crippen LogP contribution in [0, 0.1) is 0 Å². The first-order valence-electron chi connectivity index (χ1n) is 15.8. The van der Waals surface area contributed by atoms with Gasteiger partial charge in [-0.1, -0.05) is 60.7 Å². The summed E-state index contributed by atoms with van der Waals surface area (Å²) in [6.07, 6.45) is 4.52.